The van der Waals surface area contributed by atoms with Gasteiger partial charge in [0.15, 0.2) is 0 Å². The third kappa shape index (κ3) is 3.31. The van der Waals surface area contributed by atoms with E-state index in [1.54, 1.807) is 10.4 Å². The molecule has 0 saturated heterocycles. The van der Waals surface area contributed by atoms with Gasteiger partial charge in [0.25, 0.3) is 0 Å². The van der Waals surface area contributed by atoms with Gasteiger partial charge in [-0.25, -0.2) is 0 Å². The molecule has 2 aliphatic rings. The van der Waals surface area contributed by atoms with Crippen LogP contribution in [0.25, 0.3) is 10.1 Å². The molecule has 3 heteroatoms. The van der Waals surface area contributed by atoms with Crippen molar-refractivity contribution >= 4 is 21.4 Å². The van der Waals surface area contributed by atoms with E-state index in [-0.39, 0.29) is 0 Å². The molecular weight excluding hydrogens is 276 g/mol. The lowest BCUT2D eigenvalue weighted by atomic mass is 10.1. The predicted molar refractivity (Wildman–Crippen MR) is 90.7 cm³/mol. The van der Waals surface area contributed by atoms with E-state index in [2.05, 4.69) is 41.5 Å². The molecule has 2 aromatic rings. The molecule has 1 heterocycles. The zero-order valence-electron chi connectivity index (χ0n) is 12.8. The fraction of sp³-hybridized carbons (Fsp3) is 0.556. The fourth-order valence-corrected chi connectivity index (χ4v) is 4.23. The van der Waals surface area contributed by atoms with Gasteiger partial charge in [0.05, 0.1) is 0 Å². The molecule has 1 aromatic heterocycles. The molecule has 0 amide bonds. The van der Waals surface area contributed by atoms with Crippen LogP contribution in [0.4, 0.5) is 0 Å². The van der Waals surface area contributed by atoms with Gasteiger partial charge in [0.1, 0.15) is 0 Å². The molecule has 2 nitrogen and oxygen atoms in total. The Morgan fingerprint density at radius 2 is 2.00 bits per heavy atom. The molecule has 0 aliphatic heterocycles. The van der Waals surface area contributed by atoms with E-state index in [0.717, 1.165) is 25.0 Å². The zero-order chi connectivity index (χ0) is 14.2. The quantitative estimate of drug-likeness (QED) is 0.831. The maximum absolute atomic E-state index is 3.69. The molecule has 2 saturated carbocycles. The van der Waals surface area contributed by atoms with E-state index >= 15 is 0 Å². The Balaban J connectivity index is 1.57. The first-order valence-corrected chi connectivity index (χ1v) is 9.02. The summed E-state index contributed by atoms with van der Waals surface area (Å²) in [7, 11) is 2.28. The molecule has 0 atom stereocenters. The minimum Gasteiger partial charge on any atom is -0.309 e. The number of thiophene rings is 1. The van der Waals surface area contributed by atoms with Gasteiger partial charge in [0, 0.05) is 35.3 Å². The number of fused-ring (bicyclic) bond motifs is 1. The fourth-order valence-electron chi connectivity index (χ4n) is 3.07. The van der Waals surface area contributed by atoms with E-state index in [0.29, 0.717) is 0 Å². The lowest BCUT2D eigenvalue weighted by Crippen LogP contribution is -2.22. The predicted octanol–water partition coefficient (Wildman–Crippen LogP) is 4.00. The van der Waals surface area contributed by atoms with Gasteiger partial charge in [-0.2, -0.15) is 0 Å². The number of nitrogens with one attached hydrogen (secondary N) is 1. The molecule has 0 bridgehead atoms. The highest BCUT2D eigenvalue weighted by Crippen LogP contribution is 2.34. The Morgan fingerprint density at radius 3 is 2.76 bits per heavy atom. The van der Waals surface area contributed by atoms with Crippen LogP contribution >= 0.6 is 11.3 Å². The van der Waals surface area contributed by atoms with Gasteiger partial charge < -0.3 is 10.2 Å². The lowest BCUT2D eigenvalue weighted by molar-refractivity contribution is 0.313. The summed E-state index contributed by atoms with van der Waals surface area (Å²) in [6.45, 7) is 3.42. The largest absolute Gasteiger partial charge is 0.309 e. The molecule has 2 aliphatic carbocycles. The molecule has 4 rings (SSSR count). The Bertz CT molecular complexity index is 625. The average Bonchev–Trinajstić information content (AvgIpc) is 3.38. The van der Waals surface area contributed by atoms with Crippen molar-refractivity contribution in [3.63, 3.8) is 0 Å². The van der Waals surface area contributed by atoms with Crippen LogP contribution in [0.5, 0.6) is 0 Å². The summed E-state index contributed by atoms with van der Waals surface area (Å²) in [6, 6.07) is 9.69. The molecule has 21 heavy (non-hydrogen) atoms. The van der Waals surface area contributed by atoms with Crippen molar-refractivity contribution in [3.8, 4) is 0 Å². The van der Waals surface area contributed by atoms with Gasteiger partial charge in [-0.05, 0) is 55.7 Å². The highest BCUT2D eigenvalue weighted by atomic mass is 32.1. The van der Waals surface area contributed by atoms with Crippen LogP contribution in [-0.2, 0) is 13.1 Å². The SMILES string of the molecule is CN(Cc1c(CNC2CC2)sc2ccccc12)CC1CC1. The highest BCUT2D eigenvalue weighted by molar-refractivity contribution is 7.19. The van der Waals surface area contributed by atoms with E-state index < -0.39 is 0 Å². The van der Waals surface area contributed by atoms with Gasteiger partial charge >= 0.3 is 0 Å². The number of hydrogen-bond donors (Lipinski definition) is 1. The molecule has 0 spiro atoms. The van der Waals surface area contributed by atoms with Gasteiger partial charge in [0.2, 0.25) is 0 Å². The Labute approximate surface area is 131 Å². The van der Waals surface area contributed by atoms with Crippen molar-refractivity contribution in [2.45, 2.75) is 44.8 Å². The van der Waals surface area contributed by atoms with Crippen molar-refractivity contribution in [2.75, 3.05) is 13.6 Å². The minimum atomic E-state index is 0.784. The number of rotatable bonds is 7. The summed E-state index contributed by atoms with van der Waals surface area (Å²) in [5.41, 5.74) is 1.56. The lowest BCUT2D eigenvalue weighted by Gasteiger charge is -2.17. The topological polar surface area (TPSA) is 15.3 Å². The van der Waals surface area contributed by atoms with Gasteiger partial charge in [-0.1, -0.05) is 18.2 Å². The first kappa shape index (κ1) is 13.7. The molecule has 0 radical (unpaired) electrons. The van der Waals surface area contributed by atoms with Crippen LogP contribution < -0.4 is 5.32 Å². The Hall–Kier alpha value is -0.900. The summed E-state index contributed by atoms with van der Waals surface area (Å²) in [4.78, 5) is 4.07. The molecule has 1 aromatic carbocycles. The van der Waals surface area contributed by atoms with Crippen molar-refractivity contribution < 1.29 is 0 Å². The number of nitrogens with zero attached hydrogens (tertiary/aromatic N) is 1. The summed E-state index contributed by atoms with van der Waals surface area (Å²) in [5.74, 6) is 0.966. The zero-order valence-corrected chi connectivity index (χ0v) is 13.6. The maximum Gasteiger partial charge on any atom is 0.0349 e. The van der Waals surface area contributed by atoms with Crippen LogP contribution in [0.3, 0.4) is 0 Å². The van der Waals surface area contributed by atoms with E-state index in [1.807, 2.05) is 11.3 Å². The van der Waals surface area contributed by atoms with Crippen molar-refractivity contribution in [3.05, 3.63) is 34.7 Å². The van der Waals surface area contributed by atoms with Crippen molar-refractivity contribution in [1.82, 2.24) is 10.2 Å². The smallest absolute Gasteiger partial charge is 0.0349 e. The number of benzene rings is 1. The van der Waals surface area contributed by atoms with E-state index in [9.17, 15) is 0 Å². The monoisotopic (exact) mass is 300 g/mol. The maximum atomic E-state index is 3.69. The standard InChI is InChI=1S/C18H24N2S/c1-20(11-13-6-7-13)12-16-15-4-2-3-5-17(15)21-18(16)10-19-14-8-9-14/h2-5,13-14,19H,6-12H2,1H3. The van der Waals surface area contributed by atoms with Crippen LogP contribution in [0.1, 0.15) is 36.1 Å². The van der Waals surface area contributed by atoms with E-state index in [4.69, 9.17) is 0 Å². The summed E-state index contributed by atoms with van der Waals surface area (Å²) in [6.07, 6.45) is 5.60. The van der Waals surface area contributed by atoms with Crippen LogP contribution in [-0.4, -0.2) is 24.5 Å². The van der Waals surface area contributed by atoms with Crippen molar-refractivity contribution in [2.24, 2.45) is 5.92 Å². The number of hydrogen-bond acceptors (Lipinski definition) is 3. The first-order valence-electron chi connectivity index (χ1n) is 8.21. The Kier molecular flexibility index (Phi) is 3.74. The van der Waals surface area contributed by atoms with Crippen LogP contribution in [0.2, 0.25) is 0 Å². The van der Waals surface area contributed by atoms with Crippen molar-refractivity contribution in [1.29, 1.82) is 0 Å². The normalized spacial score (nSPS) is 18.8. The van der Waals surface area contributed by atoms with Crippen LogP contribution in [0.15, 0.2) is 24.3 Å². The second-order valence-electron chi connectivity index (χ2n) is 6.80. The summed E-state index contributed by atoms with van der Waals surface area (Å²) in [5, 5.41) is 5.16. The second-order valence-corrected chi connectivity index (χ2v) is 7.93. The average molecular weight is 300 g/mol. The molecule has 112 valence electrons. The van der Waals surface area contributed by atoms with Gasteiger partial charge in [-0.15, -0.1) is 11.3 Å². The molecule has 0 unspecified atom stereocenters. The van der Waals surface area contributed by atoms with E-state index in [1.165, 1.54) is 42.3 Å². The minimum absolute atomic E-state index is 0.784. The van der Waals surface area contributed by atoms with Gasteiger partial charge in [-0.3, -0.25) is 0 Å². The Morgan fingerprint density at radius 1 is 1.19 bits per heavy atom. The molecular formula is C18H24N2S. The van der Waals surface area contributed by atoms with Crippen LogP contribution in [0, 0.1) is 5.92 Å². The third-order valence-electron chi connectivity index (χ3n) is 4.61. The highest BCUT2D eigenvalue weighted by Gasteiger charge is 2.24. The molecule has 2 fully saturated rings. The second kappa shape index (κ2) is 5.71. The third-order valence-corrected chi connectivity index (χ3v) is 5.82. The summed E-state index contributed by atoms with van der Waals surface area (Å²) >= 11 is 1.98. The first-order chi connectivity index (χ1) is 10.3. The molecule has 1 N–H and O–H groups in total. The summed E-state index contributed by atoms with van der Waals surface area (Å²) < 4.78 is 1.44.